The Balaban J connectivity index is 0.00000153. The third-order valence-corrected chi connectivity index (χ3v) is 7.49. The molecule has 4 aliphatic rings. The number of nitrogens with two attached hydrogens (primary N) is 1. The Bertz CT molecular complexity index is 1020. The maximum Gasteiger partial charge on any atom is 0.321 e. The van der Waals surface area contributed by atoms with Gasteiger partial charge in [-0.2, -0.15) is 0 Å². The lowest BCUT2D eigenvalue weighted by Crippen LogP contribution is -2.74. The minimum Gasteiger partial charge on any atom is -0.493 e. The molecular formula is C22H28Cl2N2O7. The van der Waals surface area contributed by atoms with Gasteiger partial charge in [0, 0.05) is 18.0 Å². The van der Waals surface area contributed by atoms with Gasteiger partial charge in [-0.25, -0.2) is 0 Å². The van der Waals surface area contributed by atoms with E-state index in [0.717, 1.165) is 17.7 Å². The minimum absolute atomic E-state index is 0. The van der Waals surface area contributed by atoms with E-state index in [9.17, 15) is 14.7 Å². The van der Waals surface area contributed by atoms with Gasteiger partial charge < -0.3 is 35.1 Å². The summed E-state index contributed by atoms with van der Waals surface area (Å²) in [5.74, 6) is -0.568. The molecular weight excluding hydrogens is 475 g/mol. The van der Waals surface area contributed by atoms with Crippen molar-refractivity contribution in [1.82, 2.24) is 4.90 Å². The summed E-state index contributed by atoms with van der Waals surface area (Å²) in [6, 6.07) is 2.44. The second-order valence-electron chi connectivity index (χ2n) is 8.91. The number of nitrogens with zero attached hydrogens (tertiary/aromatic N) is 1. The van der Waals surface area contributed by atoms with Crippen LogP contribution in [0.25, 0.3) is 0 Å². The summed E-state index contributed by atoms with van der Waals surface area (Å²) in [4.78, 5) is 25.6. The van der Waals surface area contributed by atoms with Gasteiger partial charge in [0.2, 0.25) is 0 Å². The standard InChI is InChI=1S/C22H26N2O7.2ClH/c1-24-8-7-21-17-11-3-4-13(29-2)18(17)31-19(21)14(5-6-22(21,28)15(24)9-11)30-16(25)10-12(23)20(26)27;;/h3-5,12,15,19,28H,6-10,23H2,1-2H3,(H,26,27);2*1H/t12-,15-,19-,21-,22+;;/m0../s1. The largest absolute Gasteiger partial charge is 0.493 e. The van der Waals surface area contributed by atoms with Crippen LogP contribution in [0.1, 0.15) is 30.4 Å². The van der Waals surface area contributed by atoms with E-state index in [1.54, 1.807) is 13.2 Å². The number of rotatable bonds is 5. The van der Waals surface area contributed by atoms with Gasteiger partial charge in [-0.15, -0.1) is 24.8 Å². The Hall–Kier alpha value is -2.04. The molecule has 1 saturated heterocycles. The lowest BCUT2D eigenvalue weighted by Gasteiger charge is -2.61. The predicted molar refractivity (Wildman–Crippen MR) is 122 cm³/mol. The highest BCUT2D eigenvalue weighted by atomic mass is 35.5. The van der Waals surface area contributed by atoms with Crippen LogP contribution >= 0.6 is 24.8 Å². The Morgan fingerprint density at radius 3 is 2.76 bits per heavy atom. The average Bonchev–Trinajstić information content (AvgIpc) is 3.08. The summed E-state index contributed by atoms with van der Waals surface area (Å²) in [7, 11) is 3.58. The molecule has 0 aromatic heterocycles. The van der Waals surface area contributed by atoms with Gasteiger partial charge in [-0.3, -0.25) is 9.59 Å². The van der Waals surface area contributed by atoms with Crippen molar-refractivity contribution in [2.75, 3.05) is 20.7 Å². The quantitative estimate of drug-likeness (QED) is 0.507. The summed E-state index contributed by atoms with van der Waals surface area (Å²) in [5, 5.41) is 21.1. The van der Waals surface area contributed by atoms with E-state index >= 15 is 0 Å². The first-order chi connectivity index (χ1) is 14.7. The molecule has 1 fully saturated rings. The molecule has 1 aromatic carbocycles. The number of likely N-dealkylation sites (tertiary alicyclic amines) is 1. The number of likely N-dealkylation sites (N-methyl/N-ethyl adjacent to an activating group) is 1. The van der Waals surface area contributed by atoms with Crippen molar-refractivity contribution in [3.63, 3.8) is 0 Å². The van der Waals surface area contributed by atoms with E-state index in [0.29, 0.717) is 36.5 Å². The number of hydrogen-bond acceptors (Lipinski definition) is 8. The van der Waals surface area contributed by atoms with Crippen molar-refractivity contribution in [2.24, 2.45) is 5.73 Å². The number of carbonyl (C=O) groups excluding carboxylic acids is 1. The highest BCUT2D eigenvalue weighted by Gasteiger charge is 2.72. The highest BCUT2D eigenvalue weighted by Crippen LogP contribution is 2.65. The fourth-order valence-electron chi connectivity index (χ4n) is 6.03. The number of ether oxygens (including phenoxy) is 3. The van der Waals surface area contributed by atoms with Crippen molar-refractivity contribution in [1.29, 1.82) is 0 Å². The van der Waals surface area contributed by atoms with Gasteiger partial charge in [0.1, 0.15) is 11.8 Å². The van der Waals surface area contributed by atoms with Crippen molar-refractivity contribution in [3.05, 3.63) is 35.1 Å². The smallest absolute Gasteiger partial charge is 0.321 e. The first-order valence-electron chi connectivity index (χ1n) is 10.4. The zero-order chi connectivity index (χ0) is 22.1. The summed E-state index contributed by atoms with van der Waals surface area (Å²) in [6.07, 6.45) is 2.14. The van der Waals surface area contributed by atoms with Crippen LogP contribution in [0.4, 0.5) is 0 Å². The normalized spacial score (nSPS) is 31.6. The number of halogens is 2. The zero-order valence-electron chi connectivity index (χ0n) is 18.3. The molecule has 2 aliphatic carbocycles. The fourth-order valence-corrected chi connectivity index (χ4v) is 6.03. The number of carboxylic acids is 1. The van der Waals surface area contributed by atoms with E-state index in [4.69, 9.17) is 25.1 Å². The average molecular weight is 503 g/mol. The number of benzene rings is 1. The third kappa shape index (κ3) is 3.32. The predicted octanol–water partition coefficient (Wildman–Crippen LogP) is 1.16. The molecule has 0 saturated carbocycles. The molecule has 1 aromatic rings. The summed E-state index contributed by atoms with van der Waals surface area (Å²) >= 11 is 0. The minimum atomic E-state index is -1.34. The Kier molecular flexibility index (Phi) is 6.69. The van der Waals surface area contributed by atoms with Crippen LogP contribution in [0.2, 0.25) is 0 Å². The number of carbonyl (C=O) groups is 2. The zero-order valence-corrected chi connectivity index (χ0v) is 19.9. The van der Waals surface area contributed by atoms with Crippen LogP contribution < -0.4 is 15.2 Å². The van der Waals surface area contributed by atoms with Crippen molar-refractivity contribution in [3.8, 4) is 11.5 Å². The van der Waals surface area contributed by atoms with Crippen LogP contribution in [0.15, 0.2) is 24.0 Å². The Morgan fingerprint density at radius 1 is 1.36 bits per heavy atom. The second-order valence-corrected chi connectivity index (χ2v) is 8.91. The van der Waals surface area contributed by atoms with E-state index in [2.05, 4.69) is 4.90 Å². The maximum absolute atomic E-state index is 12.4. The molecule has 4 N–H and O–H groups in total. The molecule has 5 rings (SSSR count). The number of methoxy groups -OCH3 is 1. The first kappa shape index (κ1) is 25.6. The maximum atomic E-state index is 12.4. The van der Waals surface area contributed by atoms with Crippen molar-refractivity contribution < 1.29 is 34.0 Å². The number of aliphatic carboxylic acids is 1. The van der Waals surface area contributed by atoms with Crippen molar-refractivity contribution >= 4 is 36.8 Å². The van der Waals surface area contributed by atoms with Gasteiger partial charge in [-0.1, -0.05) is 6.07 Å². The van der Waals surface area contributed by atoms with E-state index < -0.39 is 41.5 Å². The monoisotopic (exact) mass is 502 g/mol. The summed E-state index contributed by atoms with van der Waals surface area (Å²) in [6.45, 7) is 0.758. The van der Waals surface area contributed by atoms with Gasteiger partial charge in [0.15, 0.2) is 17.6 Å². The number of esters is 1. The molecule has 1 spiro atoms. The van der Waals surface area contributed by atoms with Gasteiger partial charge >= 0.3 is 11.9 Å². The topological polar surface area (TPSA) is 132 Å². The van der Waals surface area contributed by atoms with Gasteiger partial charge in [0.05, 0.1) is 24.5 Å². The molecule has 0 radical (unpaired) electrons. The first-order valence-corrected chi connectivity index (χ1v) is 10.4. The Morgan fingerprint density at radius 2 is 2.09 bits per heavy atom. The molecule has 0 unspecified atom stereocenters. The van der Waals surface area contributed by atoms with Gasteiger partial charge in [0.25, 0.3) is 0 Å². The summed E-state index contributed by atoms with van der Waals surface area (Å²) in [5.41, 5.74) is 5.65. The number of carboxylic acid groups (broad SMARTS) is 1. The molecule has 5 atom stereocenters. The van der Waals surface area contributed by atoms with Crippen LogP contribution in [0, 0.1) is 0 Å². The molecule has 2 bridgehead atoms. The van der Waals surface area contributed by atoms with E-state index in [1.807, 2.05) is 19.2 Å². The lowest BCUT2D eigenvalue weighted by atomic mass is 9.50. The lowest BCUT2D eigenvalue weighted by molar-refractivity contribution is -0.169. The number of aliphatic hydroxyl groups is 1. The van der Waals surface area contributed by atoms with Crippen LogP contribution in [0.3, 0.4) is 0 Å². The molecule has 0 amide bonds. The molecule has 33 heavy (non-hydrogen) atoms. The van der Waals surface area contributed by atoms with Crippen LogP contribution in [-0.2, 0) is 26.2 Å². The molecule has 2 aliphatic heterocycles. The van der Waals surface area contributed by atoms with Crippen LogP contribution in [0.5, 0.6) is 11.5 Å². The Labute approximate surface area is 203 Å². The SMILES string of the molecule is COc1ccc2c3c1O[C@H]1C(OC(=O)C[C@H](N)C(=O)O)=CC[C@@]4(O)[C@H](C2)N(C)CC[C@]314.Cl.Cl. The second kappa shape index (κ2) is 8.63. The molecule has 182 valence electrons. The number of piperidine rings is 1. The molecule has 9 nitrogen and oxygen atoms in total. The molecule has 2 heterocycles. The third-order valence-electron chi connectivity index (χ3n) is 7.49. The fraction of sp³-hybridized carbons (Fsp3) is 0.545. The van der Waals surface area contributed by atoms with Crippen molar-refractivity contribution in [2.45, 2.75) is 54.9 Å². The number of hydrogen-bond donors (Lipinski definition) is 3. The van der Waals surface area contributed by atoms with E-state index in [1.165, 1.54) is 0 Å². The van der Waals surface area contributed by atoms with Gasteiger partial charge in [-0.05, 0) is 44.1 Å². The van der Waals surface area contributed by atoms with E-state index in [-0.39, 0.29) is 30.9 Å². The highest BCUT2D eigenvalue weighted by molar-refractivity contribution is 5.85. The van der Waals surface area contributed by atoms with Crippen LogP contribution in [-0.4, -0.2) is 71.5 Å². The molecule has 11 heteroatoms. The summed E-state index contributed by atoms with van der Waals surface area (Å²) < 4.78 is 17.5.